The van der Waals surface area contributed by atoms with Gasteiger partial charge in [-0.25, -0.2) is 8.42 Å². The maximum atomic E-state index is 12.5. The molecule has 0 bridgehead atoms. The van der Waals surface area contributed by atoms with Crippen LogP contribution in [0.2, 0.25) is 0 Å². The van der Waals surface area contributed by atoms with Crippen molar-refractivity contribution in [2.24, 2.45) is 0 Å². The van der Waals surface area contributed by atoms with Crippen LogP contribution in [0.5, 0.6) is 0 Å². The molecule has 7 heteroatoms. The lowest BCUT2D eigenvalue weighted by atomic mass is 10.1. The van der Waals surface area contributed by atoms with E-state index in [2.05, 4.69) is 21.2 Å². The minimum absolute atomic E-state index is 0.279. The molecule has 0 aliphatic carbocycles. The number of hydrogen-bond acceptors (Lipinski definition) is 3. The average Bonchev–Trinajstić information content (AvgIpc) is 2.48. The Labute approximate surface area is 163 Å². The number of carbonyl (C=O) groups excluding carboxylic acids is 1. The first-order valence-electron chi connectivity index (χ1n) is 8.10. The normalized spacial score (nSPS) is 11.3. The van der Waals surface area contributed by atoms with Gasteiger partial charge in [-0.15, -0.1) is 0 Å². The second-order valence-corrected chi connectivity index (χ2v) is 9.29. The molecule has 0 fully saturated rings. The van der Waals surface area contributed by atoms with Crippen molar-refractivity contribution >= 4 is 43.2 Å². The van der Waals surface area contributed by atoms with E-state index in [1.54, 1.807) is 6.07 Å². The summed E-state index contributed by atoms with van der Waals surface area (Å²) in [4.78, 5) is 12.5. The number of rotatable bonds is 5. The molecule has 2 rings (SSSR count). The molecule has 2 aromatic carbocycles. The Bertz CT molecular complexity index is 932. The Morgan fingerprint density at radius 3 is 2.12 bits per heavy atom. The second-order valence-electron chi connectivity index (χ2n) is 6.53. The van der Waals surface area contributed by atoms with Crippen LogP contribution in [-0.4, -0.2) is 27.1 Å². The summed E-state index contributed by atoms with van der Waals surface area (Å²) in [6.07, 6.45) is 1.11. The topological polar surface area (TPSA) is 66.5 Å². The fraction of sp³-hybridized carbons (Fsp3) is 0.316. The van der Waals surface area contributed by atoms with E-state index in [0.717, 1.165) is 37.3 Å². The van der Waals surface area contributed by atoms with Gasteiger partial charge >= 0.3 is 0 Å². The molecule has 1 amide bonds. The van der Waals surface area contributed by atoms with Crippen LogP contribution in [-0.2, 0) is 14.8 Å². The van der Waals surface area contributed by atoms with Gasteiger partial charge in [0, 0.05) is 10.2 Å². The van der Waals surface area contributed by atoms with Gasteiger partial charge in [0.25, 0.3) is 0 Å². The second kappa shape index (κ2) is 7.80. The van der Waals surface area contributed by atoms with Gasteiger partial charge in [-0.2, -0.15) is 0 Å². The fourth-order valence-corrected chi connectivity index (χ4v) is 4.20. The standard InChI is InChI=1S/C19H23BrN2O3S/c1-12-8-14(3)19(15(4)9-12)22(26(5,24)25)11-18(23)21-16-6-7-17(20)13(2)10-16/h6-10H,11H2,1-5H3,(H,21,23). The van der Waals surface area contributed by atoms with Gasteiger partial charge in [0.2, 0.25) is 15.9 Å². The Kier molecular flexibility index (Phi) is 6.13. The zero-order chi connectivity index (χ0) is 19.6. The number of anilines is 2. The van der Waals surface area contributed by atoms with Crippen molar-refractivity contribution in [2.75, 3.05) is 22.4 Å². The molecule has 0 radical (unpaired) electrons. The number of hydrogen-bond donors (Lipinski definition) is 1. The molecule has 0 aliphatic rings. The summed E-state index contributed by atoms with van der Waals surface area (Å²) in [6, 6.07) is 9.26. The zero-order valence-corrected chi connectivity index (χ0v) is 18.0. The number of nitrogens with one attached hydrogen (secondary N) is 1. The van der Waals surface area contributed by atoms with Crippen LogP contribution in [0.3, 0.4) is 0 Å². The molecule has 0 saturated heterocycles. The number of halogens is 1. The third-order valence-corrected chi connectivity index (χ3v) is 6.02. The van der Waals surface area contributed by atoms with Crippen molar-refractivity contribution in [3.63, 3.8) is 0 Å². The molecule has 0 unspecified atom stereocenters. The van der Waals surface area contributed by atoms with E-state index >= 15 is 0 Å². The molecule has 5 nitrogen and oxygen atoms in total. The summed E-state index contributed by atoms with van der Waals surface area (Å²) >= 11 is 3.41. The Morgan fingerprint density at radius 2 is 1.62 bits per heavy atom. The number of carbonyl (C=O) groups is 1. The molecule has 2 aromatic rings. The quantitative estimate of drug-likeness (QED) is 0.764. The fourth-order valence-electron chi connectivity index (χ4n) is 2.98. The molecule has 0 spiro atoms. The highest BCUT2D eigenvalue weighted by molar-refractivity contribution is 9.10. The van der Waals surface area contributed by atoms with Crippen molar-refractivity contribution in [2.45, 2.75) is 27.7 Å². The first kappa shape index (κ1) is 20.5. The van der Waals surface area contributed by atoms with Crippen molar-refractivity contribution in [3.05, 3.63) is 57.1 Å². The number of nitrogens with zero attached hydrogens (tertiary/aromatic N) is 1. The Morgan fingerprint density at radius 1 is 1.04 bits per heavy atom. The van der Waals surface area contributed by atoms with E-state index in [-0.39, 0.29) is 6.54 Å². The smallest absolute Gasteiger partial charge is 0.245 e. The minimum Gasteiger partial charge on any atom is -0.325 e. The average molecular weight is 439 g/mol. The summed E-state index contributed by atoms with van der Waals surface area (Å²) in [5, 5.41) is 2.77. The van der Waals surface area contributed by atoms with E-state index in [1.165, 1.54) is 0 Å². The monoisotopic (exact) mass is 438 g/mol. The lowest BCUT2D eigenvalue weighted by Gasteiger charge is -2.26. The van der Waals surface area contributed by atoms with E-state index < -0.39 is 15.9 Å². The predicted molar refractivity (Wildman–Crippen MR) is 110 cm³/mol. The van der Waals surface area contributed by atoms with E-state index in [1.807, 2.05) is 52.0 Å². The van der Waals surface area contributed by atoms with Gasteiger partial charge in [0.15, 0.2) is 0 Å². The van der Waals surface area contributed by atoms with Gasteiger partial charge in [0.1, 0.15) is 6.54 Å². The van der Waals surface area contributed by atoms with Crippen LogP contribution in [0.15, 0.2) is 34.8 Å². The summed E-state index contributed by atoms with van der Waals surface area (Å²) in [5.41, 5.74) is 4.85. The number of sulfonamides is 1. The van der Waals surface area contributed by atoms with E-state index in [0.29, 0.717) is 11.4 Å². The molecule has 0 saturated carbocycles. The van der Waals surface area contributed by atoms with Crippen molar-refractivity contribution in [3.8, 4) is 0 Å². The van der Waals surface area contributed by atoms with Gasteiger partial charge in [-0.1, -0.05) is 33.6 Å². The summed E-state index contributed by atoms with van der Waals surface area (Å²) < 4.78 is 26.8. The number of aryl methyl sites for hydroxylation is 4. The van der Waals surface area contributed by atoms with E-state index in [4.69, 9.17) is 0 Å². The Balaban J connectivity index is 2.32. The maximum absolute atomic E-state index is 12.5. The molecule has 0 aliphatic heterocycles. The summed E-state index contributed by atoms with van der Waals surface area (Å²) in [7, 11) is -3.61. The lowest BCUT2D eigenvalue weighted by molar-refractivity contribution is -0.114. The van der Waals surface area contributed by atoms with Gasteiger partial charge < -0.3 is 5.32 Å². The summed E-state index contributed by atoms with van der Waals surface area (Å²) in [6.45, 7) is 7.30. The van der Waals surface area contributed by atoms with Crippen LogP contribution in [0, 0.1) is 27.7 Å². The minimum atomic E-state index is -3.61. The van der Waals surface area contributed by atoms with Gasteiger partial charge in [-0.05, 0) is 62.6 Å². The number of amides is 1. The Hall–Kier alpha value is -1.86. The first-order valence-corrected chi connectivity index (χ1v) is 10.7. The molecular formula is C19H23BrN2O3S. The third kappa shape index (κ3) is 4.86. The third-order valence-electron chi connectivity index (χ3n) is 4.01. The van der Waals surface area contributed by atoms with Crippen LogP contribution in [0.1, 0.15) is 22.3 Å². The van der Waals surface area contributed by atoms with Crippen LogP contribution < -0.4 is 9.62 Å². The maximum Gasteiger partial charge on any atom is 0.245 e. The molecule has 140 valence electrons. The highest BCUT2D eigenvalue weighted by Crippen LogP contribution is 2.28. The van der Waals surface area contributed by atoms with Gasteiger partial charge in [-0.3, -0.25) is 9.10 Å². The largest absolute Gasteiger partial charge is 0.325 e. The zero-order valence-electron chi connectivity index (χ0n) is 15.6. The molecule has 0 aromatic heterocycles. The molecule has 1 N–H and O–H groups in total. The highest BCUT2D eigenvalue weighted by Gasteiger charge is 2.24. The van der Waals surface area contributed by atoms with Gasteiger partial charge in [0.05, 0.1) is 11.9 Å². The van der Waals surface area contributed by atoms with Crippen LogP contribution in [0.4, 0.5) is 11.4 Å². The van der Waals surface area contributed by atoms with Crippen LogP contribution >= 0.6 is 15.9 Å². The summed E-state index contributed by atoms with van der Waals surface area (Å²) in [5.74, 6) is -0.392. The van der Waals surface area contributed by atoms with Crippen molar-refractivity contribution in [1.82, 2.24) is 0 Å². The molecule has 0 heterocycles. The SMILES string of the molecule is Cc1cc(C)c(N(CC(=O)Nc2ccc(Br)c(C)c2)S(C)(=O)=O)c(C)c1. The molecular weight excluding hydrogens is 416 g/mol. The predicted octanol–water partition coefficient (Wildman–Crippen LogP) is 4.09. The van der Waals surface area contributed by atoms with Crippen molar-refractivity contribution in [1.29, 1.82) is 0 Å². The van der Waals surface area contributed by atoms with E-state index in [9.17, 15) is 13.2 Å². The number of benzene rings is 2. The van der Waals surface area contributed by atoms with Crippen molar-refractivity contribution < 1.29 is 13.2 Å². The highest BCUT2D eigenvalue weighted by atomic mass is 79.9. The lowest BCUT2D eigenvalue weighted by Crippen LogP contribution is -2.38. The molecule has 0 atom stereocenters. The first-order chi connectivity index (χ1) is 12.0. The van der Waals surface area contributed by atoms with Crippen LogP contribution in [0.25, 0.3) is 0 Å². The molecule has 26 heavy (non-hydrogen) atoms.